The lowest BCUT2D eigenvalue weighted by Crippen LogP contribution is -2.07. The summed E-state index contributed by atoms with van der Waals surface area (Å²) >= 11 is 0. The highest BCUT2D eigenvalue weighted by Gasteiger charge is 2.30. The average Bonchev–Trinajstić information content (AvgIpc) is 2.45. The van der Waals surface area contributed by atoms with Crippen LogP contribution in [-0.2, 0) is 12.7 Å². The Morgan fingerprint density at radius 1 is 1.10 bits per heavy atom. The Bertz CT molecular complexity index is 657. The van der Waals surface area contributed by atoms with Crippen LogP contribution >= 0.6 is 0 Å². The summed E-state index contributed by atoms with van der Waals surface area (Å²) in [5.74, 6) is 0. The van der Waals surface area contributed by atoms with Crippen molar-refractivity contribution in [3.63, 3.8) is 0 Å². The van der Waals surface area contributed by atoms with Gasteiger partial charge in [-0.1, -0.05) is 24.3 Å². The van der Waals surface area contributed by atoms with E-state index >= 15 is 0 Å². The van der Waals surface area contributed by atoms with Gasteiger partial charge in [-0.3, -0.25) is 10.1 Å². The Morgan fingerprint density at radius 3 is 2.48 bits per heavy atom. The molecule has 0 unspecified atom stereocenters. The van der Waals surface area contributed by atoms with Gasteiger partial charge in [0.05, 0.1) is 10.5 Å². The zero-order chi connectivity index (χ0) is 15.5. The van der Waals surface area contributed by atoms with Gasteiger partial charge in [-0.25, -0.2) is 0 Å². The first kappa shape index (κ1) is 14.8. The average molecular weight is 296 g/mol. The highest BCUT2D eigenvalue weighted by molar-refractivity contribution is 5.49. The maximum atomic E-state index is 12.6. The first-order valence-electron chi connectivity index (χ1n) is 6.01. The Labute approximate surface area is 118 Å². The Morgan fingerprint density at radius 2 is 1.81 bits per heavy atom. The largest absolute Gasteiger partial charge is 0.416 e. The van der Waals surface area contributed by atoms with Crippen LogP contribution in [0.4, 0.5) is 24.5 Å². The maximum Gasteiger partial charge on any atom is 0.416 e. The summed E-state index contributed by atoms with van der Waals surface area (Å²) in [5.41, 5.74) is -0.185. The Kier molecular flexibility index (Phi) is 4.11. The molecular weight excluding hydrogens is 285 g/mol. The highest BCUT2D eigenvalue weighted by Crippen LogP contribution is 2.31. The fourth-order valence-electron chi connectivity index (χ4n) is 1.84. The van der Waals surface area contributed by atoms with Crippen LogP contribution < -0.4 is 5.32 Å². The zero-order valence-electron chi connectivity index (χ0n) is 10.7. The molecule has 0 heterocycles. The third-order valence-corrected chi connectivity index (χ3v) is 2.86. The van der Waals surface area contributed by atoms with Crippen molar-refractivity contribution in [1.82, 2.24) is 0 Å². The summed E-state index contributed by atoms with van der Waals surface area (Å²) in [5, 5.41) is 13.6. The van der Waals surface area contributed by atoms with Crippen molar-refractivity contribution in [2.45, 2.75) is 12.7 Å². The topological polar surface area (TPSA) is 55.2 Å². The number of hydrogen-bond acceptors (Lipinski definition) is 3. The number of anilines is 1. The molecule has 2 aromatic rings. The lowest BCUT2D eigenvalue weighted by Gasteiger charge is -2.10. The summed E-state index contributed by atoms with van der Waals surface area (Å²) in [6, 6.07) is 10.8. The van der Waals surface area contributed by atoms with Gasteiger partial charge in [0.2, 0.25) is 0 Å². The molecule has 0 atom stereocenters. The van der Waals surface area contributed by atoms with E-state index in [0.29, 0.717) is 5.56 Å². The van der Waals surface area contributed by atoms with Crippen LogP contribution in [-0.4, -0.2) is 4.92 Å². The minimum Gasteiger partial charge on any atom is -0.381 e. The van der Waals surface area contributed by atoms with Gasteiger partial charge in [-0.05, 0) is 18.2 Å². The van der Waals surface area contributed by atoms with Crippen LogP contribution in [0.1, 0.15) is 11.1 Å². The molecule has 0 spiro atoms. The van der Waals surface area contributed by atoms with Crippen LogP contribution in [0.2, 0.25) is 0 Å². The second kappa shape index (κ2) is 5.82. The number of benzene rings is 2. The molecule has 0 saturated carbocycles. The van der Waals surface area contributed by atoms with Crippen molar-refractivity contribution in [1.29, 1.82) is 0 Å². The predicted molar refractivity (Wildman–Crippen MR) is 71.9 cm³/mol. The molecule has 0 saturated heterocycles. The molecule has 4 nitrogen and oxygen atoms in total. The van der Waals surface area contributed by atoms with Crippen molar-refractivity contribution < 1.29 is 18.1 Å². The van der Waals surface area contributed by atoms with Gasteiger partial charge >= 0.3 is 6.18 Å². The normalized spacial score (nSPS) is 11.2. The van der Waals surface area contributed by atoms with E-state index < -0.39 is 16.7 Å². The van der Waals surface area contributed by atoms with E-state index in [2.05, 4.69) is 5.32 Å². The van der Waals surface area contributed by atoms with Gasteiger partial charge in [0.15, 0.2) is 0 Å². The van der Waals surface area contributed by atoms with Gasteiger partial charge in [0.25, 0.3) is 5.69 Å². The van der Waals surface area contributed by atoms with E-state index in [4.69, 9.17) is 0 Å². The standard InChI is InChI=1S/C14H11F3N2O2/c15-14(16,17)11-5-3-6-12(8-11)18-9-10-4-1-2-7-13(10)19(20)21/h1-8,18H,9H2. The predicted octanol–water partition coefficient (Wildman–Crippen LogP) is 4.23. The lowest BCUT2D eigenvalue weighted by atomic mass is 10.1. The number of nitro groups is 1. The molecule has 0 aliphatic rings. The van der Waals surface area contributed by atoms with E-state index in [1.54, 1.807) is 12.1 Å². The van der Waals surface area contributed by atoms with Crippen LogP contribution in [0.3, 0.4) is 0 Å². The van der Waals surface area contributed by atoms with Crippen LogP contribution in [0, 0.1) is 10.1 Å². The first-order valence-corrected chi connectivity index (χ1v) is 6.01. The quantitative estimate of drug-likeness (QED) is 0.678. The van der Waals surface area contributed by atoms with Crippen molar-refractivity contribution in [3.05, 3.63) is 69.8 Å². The molecule has 0 amide bonds. The molecule has 1 N–H and O–H groups in total. The third-order valence-electron chi connectivity index (χ3n) is 2.86. The van der Waals surface area contributed by atoms with E-state index in [9.17, 15) is 23.3 Å². The summed E-state index contributed by atoms with van der Waals surface area (Å²) in [6.07, 6.45) is -4.42. The van der Waals surface area contributed by atoms with Gasteiger partial charge < -0.3 is 5.32 Å². The molecule has 0 aliphatic carbocycles. The summed E-state index contributed by atoms with van der Waals surface area (Å²) in [6.45, 7) is 0.0679. The van der Waals surface area contributed by atoms with Crippen LogP contribution in [0.15, 0.2) is 48.5 Å². The smallest absolute Gasteiger partial charge is 0.381 e. The fourth-order valence-corrected chi connectivity index (χ4v) is 1.84. The zero-order valence-corrected chi connectivity index (χ0v) is 10.7. The molecule has 2 aromatic carbocycles. The van der Waals surface area contributed by atoms with Crippen molar-refractivity contribution in [2.24, 2.45) is 0 Å². The molecule has 0 aromatic heterocycles. The van der Waals surface area contributed by atoms with Crippen molar-refractivity contribution in [2.75, 3.05) is 5.32 Å². The number of hydrogen-bond donors (Lipinski definition) is 1. The van der Waals surface area contributed by atoms with Crippen molar-refractivity contribution >= 4 is 11.4 Å². The summed E-state index contributed by atoms with van der Waals surface area (Å²) in [4.78, 5) is 10.3. The molecule has 7 heteroatoms. The lowest BCUT2D eigenvalue weighted by molar-refractivity contribution is -0.385. The Balaban J connectivity index is 2.16. The van der Waals surface area contributed by atoms with E-state index in [1.807, 2.05) is 0 Å². The second-order valence-electron chi connectivity index (χ2n) is 4.32. The SMILES string of the molecule is O=[N+]([O-])c1ccccc1CNc1cccc(C(F)(F)F)c1. The van der Waals surface area contributed by atoms with Gasteiger partial charge in [0.1, 0.15) is 0 Å². The number of halogens is 3. The first-order chi connectivity index (χ1) is 9.88. The highest BCUT2D eigenvalue weighted by atomic mass is 19.4. The molecule has 110 valence electrons. The number of nitro benzene ring substituents is 1. The summed E-state index contributed by atoms with van der Waals surface area (Å²) < 4.78 is 37.8. The number of nitrogens with zero attached hydrogens (tertiary/aromatic N) is 1. The van der Waals surface area contributed by atoms with Crippen molar-refractivity contribution in [3.8, 4) is 0 Å². The number of para-hydroxylation sites is 1. The van der Waals surface area contributed by atoms with E-state index in [0.717, 1.165) is 12.1 Å². The number of rotatable bonds is 4. The third kappa shape index (κ3) is 3.71. The molecule has 0 bridgehead atoms. The molecule has 0 radical (unpaired) electrons. The Hall–Kier alpha value is -2.57. The van der Waals surface area contributed by atoms with Crippen LogP contribution in [0.25, 0.3) is 0 Å². The van der Waals surface area contributed by atoms with Crippen LogP contribution in [0.5, 0.6) is 0 Å². The monoisotopic (exact) mass is 296 g/mol. The minimum atomic E-state index is -4.42. The van der Waals surface area contributed by atoms with E-state index in [-0.39, 0.29) is 17.9 Å². The van der Waals surface area contributed by atoms with E-state index in [1.165, 1.54) is 24.3 Å². The molecular formula is C14H11F3N2O2. The van der Waals surface area contributed by atoms with Gasteiger partial charge in [-0.2, -0.15) is 13.2 Å². The number of nitrogens with one attached hydrogen (secondary N) is 1. The molecule has 21 heavy (non-hydrogen) atoms. The molecule has 0 fully saturated rings. The number of alkyl halides is 3. The molecule has 2 rings (SSSR count). The van der Waals surface area contributed by atoms with Gasteiger partial charge in [-0.15, -0.1) is 0 Å². The summed E-state index contributed by atoms with van der Waals surface area (Å²) in [7, 11) is 0. The van der Waals surface area contributed by atoms with Gasteiger partial charge in [0, 0.05) is 23.9 Å². The fraction of sp³-hybridized carbons (Fsp3) is 0.143. The molecule has 0 aliphatic heterocycles. The second-order valence-corrected chi connectivity index (χ2v) is 4.32. The maximum absolute atomic E-state index is 12.6. The minimum absolute atomic E-state index is 0.0679.